The van der Waals surface area contributed by atoms with Crippen molar-refractivity contribution in [2.45, 2.75) is 47.3 Å². The Morgan fingerprint density at radius 3 is 2.45 bits per heavy atom. The molecule has 7 heteroatoms. The SMILES string of the molecule is O=C(O)CSC1CCCCC1Sc1ccccc1C(F)(F)F. The summed E-state index contributed by atoms with van der Waals surface area (Å²) in [7, 11) is 0. The van der Waals surface area contributed by atoms with Crippen molar-refractivity contribution in [3.63, 3.8) is 0 Å². The molecule has 2 nitrogen and oxygen atoms in total. The van der Waals surface area contributed by atoms with Crippen LogP contribution in [0.3, 0.4) is 0 Å². The van der Waals surface area contributed by atoms with Crippen LogP contribution in [0.1, 0.15) is 31.2 Å². The van der Waals surface area contributed by atoms with Crippen molar-refractivity contribution >= 4 is 29.5 Å². The van der Waals surface area contributed by atoms with Gasteiger partial charge >= 0.3 is 12.1 Å². The summed E-state index contributed by atoms with van der Waals surface area (Å²) in [6, 6.07) is 5.61. The molecule has 22 heavy (non-hydrogen) atoms. The molecule has 0 radical (unpaired) electrons. The monoisotopic (exact) mass is 350 g/mol. The van der Waals surface area contributed by atoms with Crippen molar-refractivity contribution in [2.24, 2.45) is 0 Å². The summed E-state index contributed by atoms with van der Waals surface area (Å²) < 4.78 is 39.2. The van der Waals surface area contributed by atoms with Crippen molar-refractivity contribution in [3.05, 3.63) is 29.8 Å². The van der Waals surface area contributed by atoms with Gasteiger partial charge in [-0.25, -0.2) is 0 Å². The van der Waals surface area contributed by atoms with Gasteiger partial charge in [0.2, 0.25) is 0 Å². The Hall–Kier alpha value is -0.820. The summed E-state index contributed by atoms with van der Waals surface area (Å²) in [5.74, 6) is -0.877. The maximum absolute atomic E-state index is 13.1. The summed E-state index contributed by atoms with van der Waals surface area (Å²) in [6.07, 6.45) is -0.675. The number of alkyl halides is 3. The van der Waals surface area contributed by atoms with E-state index in [2.05, 4.69) is 0 Å². The van der Waals surface area contributed by atoms with Gasteiger partial charge in [0, 0.05) is 15.4 Å². The molecule has 1 aliphatic rings. The molecule has 0 bridgehead atoms. The highest BCUT2D eigenvalue weighted by Gasteiger charge is 2.35. The molecule has 1 N–H and O–H groups in total. The first-order chi connectivity index (χ1) is 10.4. The molecule has 1 aromatic rings. The van der Waals surface area contributed by atoms with Crippen LogP contribution in [-0.4, -0.2) is 27.3 Å². The first kappa shape index (κ1) is 17.5. The van der Waals surface area contributed by atoms with Crippen LogP contribution in [0.4, 0.5) is 13.2 Å². The third-order valence-electron chi connectivity index (χ3n) is 3.53. The van der Waals surface area contributed by atoms with E-state index in [4.69, 9.17) is 5.11 Å². The predicted octanol–water partition coefficient (Wildman–Crippen LogP) is 4.93. The van der Waals surface area contributed by atoms with Gasteiger partial charge in [0.15, 0.2) is 0 Å². The van der Waals surface area contributed by atoms with E-state index in [0.29, 0.717) is 0 Å². The lowest BCUT2D eigenvalue weighted by Crippen LogP contribution is -2.26. The van der Waals surface area contributed by atoms with Crippen LogP contribution in [0.5, 0.6) is 0 Å². The van der Waals surface area contributed by atoms with Gasteiger partial charge in [-0.1, -0.05) is 25.0 Å². The Morgan fingerprint density at radius 2 is 1.82 bits per heavy atom. The standard InChI is InChI=1S/C15H17F3O2S2/c16-15(17,18)10-5-1-2-6-11(10)22-13-8-4-3-7-12(13)21-9-14(19)20/h1-2,5-6,12-13H,3-4,7-9H2,(H,19,20). The second-order valence-electron chi connectivity index (χ2n) is 5.18. The zero-order valence-corrected chi connectivity index (χ0v) is 13.4. The van der Waals surface area contributed by atoms with Gasteiger partial charge in [0.1, 0.15) is 0 Å². The quantitative estimate of drug-likeness (QED) is 0.817. The summed E-state index contributed by atoms with van der Waals surface area (Å²) >= 11 is 2.59. The molecule has 0 amide bonds. The Bertz CT molecular complexity index is 520. The number of halogens is 3. The molecule has 0 aliphatic heterocycles. The summed E-state index contributed by atoms with van der Waals surface area (Å²) in [5.41, 5.74) is -0.604. The van der Waals surface area contributed by atoms with Gasteiger partial charge < -0.3 is 5.11 Å². The van der Waals surface area contributed by atoms with E-state index in [-0.39, 0.29) is 21.1 Å². The highest BCUT2D eigenvalue weighted by Crippen LogP contribution is 2.43. The van der Waals surface area contributed by atoms with Crippen molar-refractivity contribution in [3.8, 4) is 0 Å². The van der Waals surface area contributed by atoms with Gasteiger partial charge in [-0.05, 0) is 25.0 Å². The molecular formula is C15H17F3O2S2. The molecule has 0 spiro atoms. The third-order valence-corrected chi connectivity index (χ3v) is 6.59. The molecule has 1 fully saturated rings. The van der Waals surface area contributed by atoms with Crippen LogP contribution in [-0.2, 0) is 11.0 Å². The maximum Gasteiger partial charge on any atom is 0.417 e. The van der Waals surface area contributed by atoms with E-state index < -0.39 is 17.7 Å². The number of benzene rings is 1. The van der Waals surface area contributed by atoms with Crippen molar-refractivity contribution < 1.29 is 23.1 Å². The van der Waals surface area contributed by atoms with Crippen LogP contribution in [0.2, 0.25) is 0 Å². The van der Waals surface area contributed by atoms with Crippen LogP contribution in [0.15, 0.2) is 29.2 Å². The van der Waals surface area contributed by atoms with Crippen LogP contribution < -0.4 is 0 Å². The highest BCUT2D eigenvalue weighted by molar-refractivity contribution is 8.04. The van der Waals surface area contributed by atoms with E-state index >= 15 is 0 Å². The molecule has 1 aromatic carbocycles. The number of carboxylic acids is 1. The lowest BCUT2D eigenvalue weighted by molar-refractivity contribution is -0.139. The second-order valence-corrected chi connectivity index (χ2v) is 7.69. The van der Waals surface area contributed by atoms with Crippen molar-refractivity contribution in [1.29, 1.82) is 0 Å². The maximum atomic E-state index is 13.1. The van der Waals surface area contributed by atoms with E-state index in [1.807, 2.05) is 0 Å². The summed E-state index contributed by atoms with van der Waals surface area (Å²) in [6.45, 7) is 0. The number of aliphatic carboxylic acids is 1. The normalized spacial score (nSPS) is 22.5. The van der Waals surface area contributed by atoms with Gasteiger partial charge in [0.25, 0.3) is 0 Å². The number of rotatable bonds is 5. The molecule has 1 saturated carbocycles. The Labute approximate surface area is 135 Å². The third kappa shape index (κ3) is 4.84. The first-order valence-electron chi connectivity index (χ1n) is 7.04. The second kappa shape index (κ2) is 7.64. The minimum absolute atomic E-state index is 0.00262. The van der Waals surface area contributed by atoms with Crippen LogP contribution in [0, 0.1) is 0 Å². The average molecular weight is 350 g/mol. The van der Waals surface area contributed by atoms with E-state index in [1.54, 1.807) is 6.07 Å². The number of carboxylic acid groups (broad SMARTS) is 1. The smallest absolute Gasteiger partial charge is 0.417 e. The van der Waals surface area contributed by atoms with Crippen LogP contribution in [0.25, 0.3) is 0 Å². The molecule has 2 atom stereocenters. The zero-order chi connectivity index (χ0) is 16.2. The van der Waals surface area contributed by atoms with Crippen molar-refractivity contribution in [1.82, 2.24) is 0 Å². The Kier molecular flexibility index (Phi) is 6.09. The van der Waals surface area contributed by atoms with E-state index in [0.717, 1.165) is 31.7 Å². The average Bonchev–Trinajstić information content (AvgIpc) is 2.46. The number of hydrogen-bond acceptors (Lipinski definition) is 3. The molecule has 0 heterocycles. The molecule has 1 aliphatic carbocycles. The van der Waals surface area contributed by atoms with Gasteiger partial charge in [-0.2, -0.15) is 13.2 Å². The van der Waals surface area contributed by atoms with Crippen molar-refractivity contribution in [2.75, 3.05) is 5.75 Å². The summed E-state index contributed by atoms with van der Waals surface area (Å²) in [5, 5.41) is 8.92. The fourth-order valence-corrected chi connectivity index (χ4v) is 5.34. The number of thioether (sulfide) groups is 2. The predicted molar refractivity (Wildman–Crippen MR) is 83.4 cm³/mol. The molecule has 122 valence electrons. The fourth-order valence-electron chi connectivity index (χ4n) is 2.53. The Morgan fingerprint density at radius 1 is 1.18 bits per heavy atom. The topological polar surface area (TPSA) is 37.3 Å². The van der Waals surface area contributed by atoms with Gasteiger partial charge in [-0.3, -0.25) is 4.79 Å². The summed E-state index contributed by atoms with van der Waals surface area (Å²) in [4.78, 5) is 11.0. The Balaban J connectivity index is 2.12. The van der Waals surface area contributed by atoms with Crippen LogP contribution >= 0.6 is 23.5 Å². The number of hydrogen-bond donors (Lipinski definition) is 1. The molecule has 0 saturated heterocycles. The van der Waals surface area contributed by atoms with Gasteiger partial charge in [0.05, 0.1) is 11.3 Å². The fraction of sp³-hybridized carbons (Fsp3) is 0.533. The minimum atomic E-state index is -4.36. The minimum Gasteiger partial charge on any atom is -0.481 e. The highest BCUT2D eigenvalue weighted by atomic mass is 32.2. The van der Waals surface area contributed by atoms with E-state index in [1.165, 1.54) is 35.7 Å². The lowest BCUT2D eigenvalue weighted by atomic mass is 10.00. The molecular weight excluding hydrogens is 333 g/mol. The first-order valence-corrected chi connectivity index (χ1v) is 8.97. The zero-order valence-electron chi connectivity index (χ0n) is 11.8. The molecule has 2 unspecified atom stereocenters. The lowest BCUT2D eigenvalue weighted by Gasteiger charge is -2.31. The largest absolute Gasteiger partial charge is 0.481 e. The number of carbonyl (C=O) groups is 1. The molecule has 2 rings (SSSR count). The molecule has 0 aromatic heterocycles. The van der Waals surface area contributed by atoms with E-state index in [9.17, 15) is 18.0 Å². The van der Waals surface area contributed by atoms with Gasteiger partial charge in [-0.15, -0.1) is 23.5 Å².